The summed E-state index contributed by atoms with van der Waals surface area (Å²) in [5, 5.41) is 15.0. The van der Waals surface area contributed by atoms with E-state index in [1.807, 2.05) is 14.1 Å². The van der Waals surface area contributed by atoms with Crippen molar-refractivity contribution in [2.24, 2.45) is 0 Å². The fourth-order valence-corrected chi connectivity index (χ4v) is 1.26. The molecule has 0 saturated heterocycles. The molecule has 0 aromatic carbocycles. The molecule has 0 aliphatic heterocycles. The van der Waals surface area contributed by atoms with Crippen LogP contribution < -0.4 is 0 Å². The van der Waals surface area contributed by atoms with E-state index < -0.39 is 12.2 Å². The van der Waals surface area contributed by atoms with Crippen LogP contribution in [-0.2, 0) is 19.5 Å². The minimum Gasteiger partial charge on any atom is -0.665 e. The van der Waals surface area contributed by atoms with Crippen LogP contribution >= 0.6 is 0 Å². The van der Waals surface area contributed by atoms with Crippen molar-refractivity contribution >= 4 is 0 Å². The van der Waals surface area contributed by atoms with Crippen molar-refractivity contribution in [3.63, 3.8) is 0 Å². The Morgan fingerprint density at radius 1 is 0.857 bits per heavy atom. The van der Waals surface area contributed by atoms with Gasteiger partial charge < -0.3 is 21.3 Å². The summed E-state index contributed by atoms with van der Waals surface area (Å²) in [5.41, 5.74) is 0. The fraction of sp³-hybridized carbons (Fsp3) is 1.00. The first-order valence-corrected chi connectivity index (χ1v) is 6.61. The first-order chi connectivity index (χ1) is 9.22. The van der Waals surface area contributed by atoms with Gasteiger partial charge in [0.1, 0.15) is 0 Å². The van der Waals surface area contributed by atoms with Crippen LogP contribution in [0.5, 0.6) is 0 Å². The maximum atomic E-state index is 12.1. The Hall–Kier alpha value is 0.253. The molecule has 0 aromatic heterocycles. The molecule has 3 atom stereocenters. The molecule has 0 bridgehead atoms. The van der Waals surface area contributed by atoms with Crippen molar-refractivity contribution in [1.82, 2.24) is 0 Å². The Morgan fingerprint density at radius 2 is 1.33 bits per heavy atom. The Labute approximate surface area is 140 Å². The van der Waals surface area contributed by atoms with Gasteiger partial charge in [0.15, 0.2) is 0 Å². The predicted molar refractivity (Wildman–Crippen MR) is 80.0 cm³/mol. The van der Waals surface area contributed by atoms with E-state index in [4.69, 9.17) is 0 Å². The zero-order valence-electron chi connectivity index (χ0n) is 14.0. The third kappa shape index (κ3) is 16.5. The van der Waals surface area contributed by atoms with Gasteiger partial charge in [-0.15, -0.1) is 12.1 Å². The molecule has 0 aromatic rings. The first kappa shape index (κ1) is 26.2. The number of hydrogen-bond donors (Lipinski definition) is 0. The molecule has 3 unspecified atom stereocenters. The molecule has 0 amide bonds. The molecule has 0 saturated carbocycles. The molecule has 0 radical (unpaired) electrons. The van der Waals surface area contributed by atoms with E-state index in [1.165, 1.54) is 14.1 Å². The number of hydrogen-bond acceptors (Lipinski definition) is 0. The average molecular weight is 362 g/mol. The fourth-order valence-electron chi connectivity index (χ4n) is 1.26. The molecule has 0 N–H and O–H groups in total. The van der Waals surface area contributed by atoms with Crippen molar-refractivity contribution in [2.45, 2.75) is 51.0 Å². The van der Waals surface area contributed by atoms with Gasteiger partial charge in [-0.25, -0.2) is 0 Å². The van der Waals surface area contributed by atoms with E-state index in [0.29, 0.717) is 6.04 Å². The first-order valence-electron chi connectivity index (χ1n) is 6.61. The average Bonchev–Trinajstić information content (AvgIpc) is 2.40. The summed E-state index contributed by atoms with van der Waals surface area (Å²) in [6.07, 6.45) is -3.20. The molecule has 0 spiro atoms. The molecule has 8 heteroatoms. The minimum atomic E-state index is -4.23. The molecule has 4 nitrogen and oxygen atoms in total. The molecule has 21 heavy (non-hydrogen) atoms. The van der Waals surface area contributed by atoms with Gasteiger partial charge in [0.25, 0.3) is 0 Å². The van der Waals surface area contributed by atoms with E-state index >= 15 is 0 Å². The number of alkyl halides is 3. The van der Waals surface area contributed by atoms with Crippen LogP contribution in [0.15, 0.2) is 0 Å². The van der Waals surface area contributed by atoms with Gasteiger partial charge in [0, 0.05) is 19.5 Å². The van der Waals surface area contributed by atoms with Gasteiger partial charge in [0.2, 0.25) is 0 Å². The quantitative estimate of drug-likeness (QED) is 0.573. The van der Waals surface area contributed by atoms with Gasteiger partial charge in [-0.05, 0) is 6.04 Å². The van der Waals surface area contributed by atoms with Crippen molar-refractivity contribution in [1.29, 1.82) is 0 Å². The van der Waals surface area contributed by atoms with Crippen LogP contribution in [0.2, 0.25) is 0 Å². The molecule has 0 aliphatic rings. The molecule has 126 valence electrons. The Balaban J connectivity index is -0.000000317. The predicted octanol–water partition coefficient (Wildman–Crippen LogP) is 4.47. The largest absolute Gasteiger partial charge is 0.665 e. The second kappa shape index (κ2) is 15.2. The van der Waals surface area contributed by atoms with Crippen LogP contribution in [-0.4, -0.2) is 59.0 Å². The summed E-state index contributed by atoms with van der Waals surface area (Å²) in [5.74, 6) is 0. The molecular formula is C13H27F3N4Zn-4. The van der Waals surface area contributed by atoms with E-state index in [-0.39, 0.29) is 31.9 Å². The number of halogens is 3. The third-order valence-electron chi connectivity index (χ3n) is 2.91. The van der Waals surface area contributed by atoms with E-state index in [0.717, 1.165) is 13.0 Å². The Morgan fingerprint density at radius 3 is 1.62 bits per heavy atom. The third-order valence-corrected chi connectivity index (χ3v) is 2.91. The van der Waals surface area contributed by atoms with E-state index in [2.05, 4.69) is 28.2 Å². The zero-order chi connectivity index (χ0) is 16.2. The van der Waals surface area contributed by atoms with E-state index in [1.54, 1.807) is 6.92 Å². The standard InChI is InChI=1S/C7H13F3N2.C6H14N2.Zn/c1-5(11-2)4-6(12-3)7(8,9)10;1-6(8-3)4-5-7-2;/h5-6H,4H2,1-3H3;6H,4-5H2,1-3H3;/q2*-2;. The maximum absolute atomic E-state index is 12.1. The number of rotatable bonds is 8. The summed E-state index contributed by atoms with van der Waals surface area (Å²) in [4.78, 5) is 0. The normalized spacial score (nSPS) is 15.3. The van der Waals surface area contributed by atoms with Gasteiger partial charge in [-0.2, -0.15) is 47.9 Å². The summed E-state index contributed by atoms with van der Waals surface area (Å²) >= 11 is 0. The summed E-state index contributed by atoms with van der Waals surface area (Å²) in [6, 6.07) is -1.38. The molecule has 0 fully saturated rings. The summed E-state index contributed by atoms with van der Waals surface area (Å²) in [7, 11) is 6.37. The number of nitrogens with zero attached hydrogens (tertiary/aromatic N) is 4. The smallest absolute Gasteiger partial charge is 0.373 e. The SMILES string of the molecule is C[N-]C(C)CC([N-]C)C(F)(F)F.C[N-]CCC(C)[N-]C.[Zn]. The Bertz CT molecular complexity index is 218. The van der Waals surface area contributed by atoms with Crippen molar-refractivity contribution in [2.75, 3.05) is 34.7 Å². The monoisotopic (exact) mass is 360 g/mol. The van der Waals surface area contributed by atoms with E-state index in [9.17, 15) is 13.2 Å². The summed E-state index contributed by atoms with van der Waals surface area (Å²) in [6.45, 7) is 4.69. The van der Waals surface area contributed by atoms with Gasteiger partial charge in [-0.1, -0.05) is 26.7 Å². The van der Waals surface area contributed by atoms with Crippen LogP contribution in [0.1, 0.15) is 26.7 Å². The van der Waals surface area contributed by atoms with Crippen molar-refractivity contribution in [3.05, 3.63) is 21.3 Å². The maximum Gasteiger partial charge on any atom is 0.373 e. The van der Waals surface area contributed by atoms with Crippen LogP contribution in [0.25, 0.3) is 21.3 Å². The van der Waals surface area contributed by atoms with Crippen LogP contribution in [0.4, 0.5) is 13.2 Å². The second-order valence-corrected chi connectivity index (χ2v) is 4.59. The Kier molecular flexibility index (Phi) is 18.9. The molecule has 0 rings (SSSR count). The molecule has 0 heterocycles. The van der Waals surface area contributed by atoms with Crippen LogP contribution in [0.3, 0.4) is 0 Å². The van der Waals surface area contributed by atoms with Crippen molar-refractivity contribution in [3.8, 4) is 0 Å². The summed E-state index contributed by atoms with van der Waals surface area (Å²) < 4.78 is 36.2. The molecular weight excluding hydrogens is 335 g/mol. The molecule has 0 aliphatic carbocycles. The van der Waals surface area contributed by atoms with Crippen molar-refractivity contribution < 1.29 is 32.6 Å². The zero-order valence-corrected chi connectivity index (χ0v) is 17.0. The van der Waals surface area contributed by atoms with Crippen LogP contribution in [0, 0.1) is 0 Å². The van der Waals surface area contributed by atoms with Gasteiger partial charge in [-0.3, -0.25) is 0 Å². The second-order valence-electron chi connectivity index (χ2n) is 4.59. The van der Waals surface area contributed by atoms with Gasteiger partial charge >= 0.3 is 6.18 Å². The topological polar surface area (TPSA) is 56.4 Å². The van der Waals surface area contributed by atoms with Gasteiger partial charge in [0.05, 0.1) is 0 Å². The minimum absolute atomic E-state index is 0.